The molecule has 0 saturated carbocycles. The molecule has 1 fully saturated rings. The number of hydrogen-bond acceptors (Lipinski definition) is 4. The fourth-order valence-electron chi connectivity index (χ4n) is 3.08. The van der Waals surface area contributed by atoms with Crippen LogP contribution < -0.4 is 20.7 Å². The molecule has 2 aromatic rings. The Morgan fingerprint density at radius 1 is 1.21 bits per heavy atom. The predicted molar refractivity (Wildman–Crippen MR) is 106 cm³/mol. The third-order valence-corrected chi connectivity index (χ3v) is 4.56. The second-order valence-electron chi connectivity index (χ2n) is 6.47. The topological polar surface area (TPSA) is 72.1 Å². The second kappa shape index (κ2) is 9.04. The van der Waals surface area contributed by atoms with Crippen LogP contribution in [0.4, 0.5) is 24.5 Å². The van der Waals surface area contributed by atoms with Crippen molar-refractivity contribution >= 4 is 17.3 Å². The lowest BCUT2D eigenvalue weighted by Crippen LogP contribution is -2.36. The maximum absolute atomic E-state index is 13.6. The number of nitrogens with one attached hydrogen (secondary N) is 1. The minimum Gasteiger partial charge on any atom is -0.495 e. The lowest BCUT2D eigenvalue weighted by Gasteiger charge is -2.29. The monoisotopic (exact) mass is 408 g/mol. The molecule has 0 spiro atoms. The molecule has 0 radical (unpaired) electrons. The molecule has 0 atom stereocenters. The van der Waals surface area contributed by atoms with Gasteiger partial charge in [-0.3, -0.25) is 0 Å². The number of nitrogens with zero attached hydrogens (tertiary/aromatic N) is 2. The Balaban J connectivity index is 1.79. The van der Waals surface area contributed by atoms with Gasteiger partial charge in [0.25, 0.3) is 0 Å². The van der Waals surface area contributed by atoms with E-state index in [-0.39, 0.29) is 18.1 Å². The summed E-state index contributed by atoms with van der Waals surface area (Å²) < 4.78 is 51.3. The Morgan fingerprint density at radius 2 is 1.93 bits per heavy atom. The van der Waals surface area contributed by atoms with Crippen molar-refractivity contribution in [1.29, 1.82) is 0 Å². The van der Waals surface area contributed by atoms with Crippen LogP contribution in [0.1, 0.15) is 11.1 Å². The molecular weight excluding hydrogens is 385 g/mol. The SMILES string of the molecule is COc1ccccc1NC(N)=NCc1ccc(N2CCOCC2)cc1C(F)(F)F. The molecule has 0 aliphatic carbocycles. The zero-order valence-corrected chi connectivity index (χ0v) is 16.0. The fourth-order valence-corrected chi connectivity index (χ4v) is 3.08. The smallest absolute Gasteiger partial charge is 0.416 e. The van der Waals surface area contributed by atoms with Gasteiger partial charge in [-0.2, -0.15) is 13.2 Å². The number of morpholine rings is 1. The normalized spacial score (nSPS) is 15.3. The number of anilines is 2. The van der Waals surface area contributed by atoms with Gasteiger partial charge in [-0.15, -0.1) is 0 Å². The Bertz CT molecular complexity index is 865. The number of halogens is 3. The summed E-state index contributed by atoms with van der Waals surface area (Å²) in [7, 11) is 1.51. The molecule has 156 valence electrons. The van der Waals surface area contributed by atoms with E-state index in [1.807, 2.05) is 4.90 Å². The van der Waals surface area contributed by atoms with E-state index in [1.165, 1.54) is 19.2 Å². The van der Waals surface area contributed by atoms with Crippen molar-refractivity contribution in [3.63, 3.8) is 0 Å². The van der Waals surface area contributed by atoms with Crippen LogP contribution in [0.2, 0.25) is 0 Å². The molecule has 1 aliphatic rings. The largest absolute Gasteiger partial charge is 0.495 e. The first kappa shape index (κ1) is 20.8. The van der Waals surface area contributed by atoms with E-state index in [2.05, 4.69) is 10.3 Å². The number of para-hydroxylation sites is 2. The van der Waals surface area contributed by atoms with Crippen molar-refractivity contribution in [3.05, 3.63) is 53.6 Å². The molecule has 0 bridgehead atoms. The van der Waals surface area contributed by atoms with E-state index < -0.39 is 11.7 Å². The van der Waals surface area contributed by atoms with Crippen molar-refractivity contribution in [2.24, 2.45) is 10.7 Å². The Hall–Kier alpha value is -2.94. The van der Waals surface area contributed by atoms with Gasteiger partial charge < -0.3 is 25.4 Å². The van der Waals surface area contributed by atoms with Crippen LogP contribution in [-0.2, 0) is 17.5 Å². The number of rotatable bonds is 5. The van der Waals surface area contributed by atoms with Crippen LogP contribution >= 0.6 is 0 Å². The maximum Gasteiger partial charge on any atom is 0.416 e. The molecule has 0 aromatic heterocycles. The van der Waals surface area contributed by atoms with Crippen LogP contribution in [0, 0.1) is 0 Å². The summed E-state index contributed by atoms with van der Waals surface area (Å²) in [6.45, 7) is 1.92. The molecule has 29 heavy (non-hydrogen) atoms. The van der Waals surface area contributed by atoms with Gasteiger partial charge in [-0.05, 0) is 29.8 Å². The third-order valence-electron chi connectivity index (χ3n) is 4.56. The van der Waals surface area contributed by atoms with Crippen molar-refractivity contribution in [2.75, 3.05) is 43.6 Å². The highest BCUT2D eigenvalue weighted by molar-refractivity contribution is 5.93. The molecular formula is C20H23F3N4O2. The number of ether oxygens (including phenoxy) is 2. The van der Waals surface area contributed by atoms with E-state index in [0.29, 0.717) is 43.4 Å². The summed E-state index contributed by atoms with van der Waals surface area (Å²) in [5.74, 6) is 0.552. The van der Waals surface area contributed by atoms with Gasteiger partial charge in [0.05, 0.1) is 38.1 Å². The lowest BCUT2D eigenvalue weighted by atomic mass is 10.1. The second-order valence-corrected chi connectivity index (χ2v) is 6.47. The van der Waals surface area contributed by atoms with Gasteiger partial charge in [0, 0.05) is 18.8 Å². The van der Waals surface area contributed by atoms with Gasteiger partial charge in [0.1, 0.15) is 5.75 Å². The van der Waals surface area contributed by atoms with E-state index in [4.69, 9.17) is 15.2 Å². The summed E-state index contributed by atoms with van der Waals surface area (Å²) >= 11 is 0. The average Bonchev–Trinajstić information content (AvgIpc) is 2.72. The molecule has 3 rings (SSSR count). The van der Waals surface area contributed by atoms with Crippen LogP contribution in [0.15, 0.2) is 47.5 Å². The van der Waals surface area contributed by atoms with Gasteiger partial charge in [-0.1, -0.05) is 18.2 Å². The predicted octanol–water partition coefficient (Wildman–Crippen LogP) is 3.48. The molecule has 0 amide bonds. The minimum atomic E-state index is -4.49. The highest BCUT2D eigenvalue weighted by Gasteiger charge is 2.34. The van der Waals surface area contributed by atoms with Crippen molar-refractivity contribution < 1.29 is 22.6 Å². The Kier molecular flexibility index (Phi) is 6.48. The van der Waals surface area contributed by atoms with E-state index in [0.717, 1.165) is 0 Å². The Morgan fingerprint density at radius 3 is 2.62 bits per heavy atom. The number of hydrogen-bond donors (Lipinski definition) is 2. The zero-order valence-electron chi connectivity index (χ0n) is 16.0. The molecule has 6 nitrogen and oxygen atoms in total. The first-order valence-electron chi connectivity index (χ1n) is 9.11. The Labute approximate surface area is 167 Å². The van der Waals surface area contributed by atoms with E-state index in [9.17, 15) is 13.2 Å². The molecule has 3 N–H and O–H groups in total. The van der Waals surface area contributed by atoms with Crippen LogP contribution in [-0.4, -0.2) is 39.4 Å². The first-order chi connectivity index (χ1) is 13.9. The summed E-state index contributed by atoms with van der Waals surface area (Å²) in [6.07, 6.45) is -4.49. The number of methoxy groups -OCH3 is 1. The van der Waals surface area contributed by atoms with Crippen LogP contribution in [0.5, 0.6) is 5.75 Å². The van der Waals surface area contributed by atoms with Crippen molar-refractivity contribution in [3.8, 4) is 5.75 Å². The number of guanidine groups is 1. The summed E-state index contributed by atoms with van der Waals surface area (Å²) in [5.41, 5.74) is 6.31. The molecule has 2 aromatic carbocycles. The molecule has 9 heteroatoms. The van der Waals surface area contributed by atoms with E-state index in [1.54, 1.807) is 30.3 Å². The molecule has 0 unspecified atom stereocenters. The maximum atomic E-state index is 13.6. The van der Waals surface area contributed by atoms with E-state index >= 15 is 0 Å². The number of aliphatic imine (C=N–C) groups is 1. The molecule has 1 saturated heterocycles. The number of alkyl halides is 3. The quantitative estimate of drug-likeness (QED) is 0.586. The van der Waals surface area contributed by atoms with Crippen LogP contribution in [0.3, 0.4) is 0 Å². The van der Waals surface area contributed by atoms with Gasteiger partial charge >= 0.3 is 6.18 Å². The molecule has 1 heterocycles. The highest BCUT2D eigenvalue weighted by Crippen LogP contribution is 2.35. The minimum absolute atomic E-state index is 0.000111. The van der Waals surface area contributed by atoms with Crippen molar-refractivity contribution in [1.82, 2.24) is 0 Å². The first-order valence-corrected chi connectivity index (χ1v) is 9.11. The van der Waals surface area contributed by atoms with Crippen LogP contribution in [0.25, 0.3) is 0 Å². The summed E-state index contributed by atoms with van der Waals surface area (Å²) in [4.78, 5) is 5.95. The molecule has 1 aliphatic heterocycles. The summed E-state index contributed by atoms with van der Waals surface area (Å²) in [6, 6.07) is 11.3. The van der Waals surface area contributed by atoms with Crippen molar-refractivity contribution in [2.45, 2.75) is 12.7 Å². The third kappa shape index (κ3) is 5.32. The van der Waals surface area contributed by atoms with Gasteiger partial charge in [0.2, 0.25) is 0 Å². The average molecular weight is 408 g/mol. The number of benzene rings is 2. The highest BCUT2D eigenvalue weighted by atomic mass is 19.4. The summed E-state index contributed by atoms with van der Waals surface area (Å²) in [5, 5.41) is 2.85. The standard InChI is InChI=1S/C20H23F3N4O2/c1-28-18-5-3-2-4-17(18)26-19(24)25-13-14-6-7-15(12-16(14)20(21,22)23)27-8-10-29-11-9-27/h2-7,12H,8-11,13H2,1H3,(H3,24,25,26). The fraction of sp³-hybridized carbons (Fsp3) is 0.350. The van der Waals surface area contributed by atoms with Gasteiger partial charge in [-0.25, -0.2) is 4.99 Å². The van der Waals surface area contributed by atoms with Gasteiger partial charge in [0.15, 0.2) is 5.96 Å². The lowest BCUT2D eigenvalue weighted by molar-refractivity contribution is -0.138. The number of nitrogens with two attached hydrogens (primary N) is 1. The zero-order chi connectivity index (χ0) is 20.9.